The molecule has 5 nitrogen and oxygen atoms in total. The average Bonchev–Trinajstić information content (AvgIpc) is 3.10. The van der Waals surface area contributed by atoms with E-state index in [4.69, 9.17) is 11.6 Å². The summed E-state index contributed by atoms with van der Waals surface area (Å²) in [4.78, 5) is 12.2. The van der Waals surface area contributed by atoms with Gasteiger partial charge in [-0.3, -0.25) is 4.79 Å². The van der Waals surface area contributed by atoms with E-state index in [0.717, 1.165) is 23.7 Å². The second-order valence-corrected chi connectivity index (χ2v) is 8.47. The average molecular weight is 451 g/mol. The van der Waals surface area contributed by atoms with E-state index in [1.807, 2.05) is 11.5 Å². The molecule has 29 heavy (non-hydrogen) atoms. The Morgan fingerprint density at radius 1 is 1.17 bits per heavy atom. The van der Waals surface area contributed by atoms with Crippen LogP contribution in [0.4, 0.5) is 10.1 Å². The topological polar surface area (TPSA) is 59.8 Å². The second-order valence-electron chi connectivity index (χ2n) is 6.11. The number of carbonyl (C=O) groups is 1. The Bertz CT molecular complexity index is 965. The number of nitrogens with one attached hydrogen (secondary N) is 1. The molecule has 0 radical (unpaired) electrons. The summed E-state index contributed by atoms with van der Waals surface area (Å²) in [6.07, 6.45) is 0. The highest BCUT2D eigenvalue weighted by molar-refractivity contribution is 7.99. The minimum atomic E-state index is -0.231. The van der Waals surface area contributed by atoms with Gasteiger partial charge in [-0.15, -0.1) is 22.0 Å². The molecule has 1 aromatic heterocycles. The Kier molecular flexibility index (Phi) is 7.97. The van der Waals surface area contributed by atoms with Crippen LogP contribution in [0.2, 0.25) is 5.02 Å². The minimum absolute atomic E-state index is 0.129. The number of hydrogen-bond donors (Lipinski definition) is 1. The maximum Gasteiger partial charge on any atom is 0.234 e. The first-order valence-electron chi connectivity index (χ1n) is 8.97. The lowest BCUT2D eigenvalue weighted by Gasteiger charge is -2.08. The summed E-state index contributed by atoms with van der Waals surface area (Å²) in [7, 11) is 0. The molecule has 1 heterocycles. The molecule has 1 N–H and O–H groups in total. The van der Waals surface area contributed by atoms with Crippen molar-refractivity contribution in [1.82, 2.24) is 14.8 Å². The highest BCUT2D eigenvalue weighted by Crippen LogP contribution is 2.22. The normalized spacial score (nSPS) is 10.9. The number of benzene rings is 2. The lowest BCUT2D eigenvalue weighted by atomic mass is 10.2. The van der Waals surface area contributed by atoms with Gasteiger partial charge in [0.05, 0.1) is 11.5 Å². The van der Waals surface area contributed by atoms with Gasteiger partial charge in [-0.25, -0.2) is 4.39 Å². The van der Waals surface area contributed by atoms with Crippen molar-refractivity contribution in [2.24, 2.45) is 0 Å². The number of aromatic nitrogens is 3. The summed E-state index contributed by atoms with van der Waals surface area (Å²) in [5, 5.41) is 12.6. The Morgan fingerprint density at radius 2 is 1.97 bits per heavy atom. The summed E-state index contributed by atoms with van der Waals surface area (Å²) >= 11 is 8.97. The predicted molar refractivity (Wildman–Crippen MR) is 118 cm³/mol. The molecule has 152 valence electrons. The van der Waals surface area contributed by atoms with Crippen molar-refractivity contribution >= 4 is 46.7 Å². The standard InChI is InChI=1S/C20H20ClFN4OS2/c1-2-26-18(12-28-11-14-6-8-16(22)9-7-14)24-25-20(26)29-13-19(27)23-17-5-3-4-15(21)10-17/h3-10H,2,11-13H2,1H3,(H,23,27). The highest BCUT2D eigenvalue weighted by Gasteiger charge is 2.13. The molecule has 0 aliphatic carbocycles. The number of carbonyl (C=O) groups excluding carboxylic acids is 1. The van der Waals surface area contributed by atoms with Crippen LogP contribution in [0.5, 0.6) is 0 Å². The maximum absolute atomic E-state index is 13.0. The van der Waals surface area contributed by atoms with E-state index in [0.29, 0.717) is 21.6 Å². The van der Waals surface area contributed by atoms with Gasteiger partial charge in [-0.1, -0.05) is 41.6 Å². The van der Waals surface area contributed by atoms with E-state index < -0.39 is 0 Å². The monoisotopic (exact) mass is 450 g/mol. The molecule has 0 fully saturated rings. The molecule has 1 amide bonds. The molecule has 3 rings (SSSR count). The van der Waals surface area contributed by atoms with Crippen molar-refractivity contribution in [3.05, 3.63) is 70.8 Å². The molecule has 0 bridgehead atoms. The van der Waals surface area contributed by atoms with Gasteiger partial charge in [0.1, 0.15) is 11.6 Å². The fraction of sp³-hybridized carbons (Fsp3) is 0.250. The van der Waals surface area contributed by atoms with E-state index in [1.165, 1.54) is 23.9 Å². The van der Waals surface area contributed by atoms with Crippen molar-refractivity contribution < 1.29 is 9.18 Å². The van der Waals surface area contributed by atoms with Crippen molar-refractivity contribution in [3.8, 4) is 0 Å². The van der Waals surface area contributed by atoms with Crippen LogP contribution < -0.4 is 5.32 Å². The van der Waals surface area contributed by atoms with Gasteiger partial charge in [0, 0.05) is 23.0 Å². The smallest absolute Gasteiger partial charge is 0.234 e. The van der Waals surface area contributed by atoms with Crippen LogP contribution in [-0.4, -0.2) is 26.4 Å². The highest BCUT2D eigenvalue weighted by atomic mass is 35.5. The van der Waals surface area contributed by atoms with Gasteiger partial charge < -0.3 is 9.88 Å². The SMILES string of the molecule is CCn1c(CSCc2ccc(F)cc2)nnc1SCC(=O)Nc1cccc(Cl)c1. The fourth-order valence-electron chi connectivity index (χ4n) is 2.58. The van der Waals surface area contributed by atoms with E-state index in [1.54, 1.807) is 48.2 Å². The van der Waals surface area contributed by atoms with Gasteiger partial charge >= 0.3 is 0 Å². The first kappa shape index (κ1) is 21.7. The number of hydrogen-bond acceptors (Lipinski definition) is 5. The minimum Gasteiger partial charge on any atom is -0.325 e. The first-order valence-corrected chi connectivity index (χ1v) is 11.5. The second kappa shape index (κ2) is 10.7. The van der Waals surface area contributed by atoms with Crippen LogP contribution in [0, 0.1) is 5.82 Å². The Morgan fingerprint density at radius 3 is 2.69 bits per heavy atom. The molecular weight excluding hydrogens is 431 g/mol. The molecule has 3 aromatic rings. The molecule has 2 aromatic carbocycles. The molecule has 0 unspecified atom stereocenters. The van der Waals surface area contributed by atoms with Crippen molar-refractivity contribution in [2.45, 2.75) is 30.1 Å². The maximum atomic E-state index is 13.0. The van der Waals surface area contributed by atoms with E-state index >= 15 is 0 Å². The van der Waals surface area contributed by atoms with E-state index in [2.05, 4.69) is 15.5 Å². The van der Waals surface area contributed by atoms with Crippen molar-refractivity contribution in [2.75, 3.05) is 11.1 Å². The number of rotatable bonds is 9. The van der Waals surface area contributed by atoms with Gasteiger partial charge in [0.25, 0.3) is 0 Å². The quantitative estimate of drug-likeness (QED) is 0.451. The molecule has 0 aliphatic heterocycles. The molecule has 9 heteroatoms. The molecule has 0 saturated heterocycles. The lowest BCUT2D eigenvalue weighted by Crippen LogP contribution is -2.14. The van der Waals surface area contributed by atoms with Crippen LogP contribution in [-0.2, 0) is 22.8 Å². The van der Waals surface area contributed by atoms with E-state index in [9.17, 15) is 9.18 Å². The third kappa shape index (κ3) is 6.48. The van der Waals surface area contributed by atoms with Crippen LogP contribution in [0.3, 0.4) is 0 Å². The Labute approximate surface area is 182 Å². The van der Waals surface area contributed by atoms with Gasteiger partial charge in [0.2, 0.25) is 5.91 Å². The van der Waals surface area contributed by atoms with Gasteiger partial charge in [-0.2, -0.15) is 0 Å². The molecule has 0 spiro atoms. The number of halogens is 2. The summed E-state index contributed by atoms with van der Waals surface area (Å²) in [6.45, 7) is 2.74. The van der Waals surface area contributed by atoms with Gasteiger partial charge in [0.15, 0.2) is 5.16 Å². The number of thioether (sulfide) groups is 2. The zero-order valence-electron chi connectivity index (χ0n) is 15.8. The van der Waals surface area contributed by atoms with Crippen LogP contribution in [0.25, 0.3) is 0 Å². The zero-order valence-corrected chi connectivity index (χ0v) is 18.2. The molecule has 0 saturated carbocycles. The molecular formula is C20H20ClFN4OS2. The van der Waals surface area contributed by atoms with Crippen molar-refractivity contribution in [3.63, 3.8) is 0 Å². The Hall–Kier alpha value is -2.03. The summed E-state index contributed by atoms with van der Waals surface area (Å²) in [5.41, 5.74) is 1.73. The van der Waals surface area contributed by atoms with Crippen LogP contribution in [0.15, 0.2) is 53.7 Å². The predicted octanol–water partition coefficient (Wildman–Crippen LogP) is 5.25. The first-order chi connectivity index (χ1) is 14.0. The zero-order chi connectivity index (χ0) is 20.6. The third-order valence-electron chi connectivity index (χ3n) is 3.96. The van der Waals surface area contributed by atoms with Gasteiger partial charge in [-0.05, 0) is 42.8 Å². The number of nitrogens with zero attached hydrogens (tertiary/aromatic N) is 3. The van der Waals surface area contributed by atoms with Crippen LogP contribution >= 0.6 is 35.1 Å². The number of amides is 1. The molecule has 0 atom stereocenters. The lowest BCUT2D eigenvalue weighted by molar-refractivity contribution is -0.113. The third-order valence-corrected chi connectivity index (χ3v) is 6.17. The van der Waals surface area contributed by atoms with Crippen LogP contribution in [0.1, 0.15) is 18.3 Å². The summed E-state index contributed by atoms with van der Waals surface area (Å²) in [6, 6.07) is 13.5. The summed E-state index contributed by atoms with van der Waals surface area (Å²) in [5.74, 6) is 2.18. The van der Waals surface area contributed by atoms with E-state index in [-0.39, 0.29) is 17.5 Å². The summed E-state index contributed by atoms with van der Waals surface area (Å²) < 4.78 is 15.0. The fourth-order valence-corrected chi connectivity index (χ4v) is 4.52. The Balaban J connectivity index is 1.51. The van der Waals surface area contributed by atoms with Crippen molar-refractivity contribution in [1.29, 1.82) is 0 Å². The molecule has 0 aliphatic rings. The largest absolute Gasteiger partial charge is 0.325 e. The number of anilines is 1.